The first-order chi connectivity index (χ1) is 19.1. The Kier molecular flexibility index (Phi) is 12.5. The predicted octanol–water partition coefficient (Wildman–Crippen LogP) is 7.27. The zero-order valence-electron chi connectivity index (χ0n) is 24.8. The van der Waals surface area contributed by atoms with Gasteiger partial charge in [0.1, 0.15) is 6.04 Å². The maximum Gasteiger partial charge on any atom is 0.326 e. The third-order valence-corrected chi connectivity index (χ3v) is 8.13. The lowest BCUT2D eigenvalue weighted by atomic mass is 9.85. The van der Waals surface area contributed by atoms with Gasteiger partial charge in [-0.1, -0.05) is 62.4 Å². The van der Waals surface area contributed by atoms with E-state index in [9.17, 15) is 14.7 Å². The fourth-order valence-corrected chi connectivity index (χ4v) is 5.71. The zero-order valence-corrected chi connectivity index (χ0v) is 25.6. The standard InChI is InChI=1S/C33H47NO5S/c1-23-11-9-10-14-27(23)29-20-25(15-16-28(29)31(35)34-30(32(36)37)17-18-40-5)21-38-26(22-39-33(2,3)4)19-24-12-7-6-8-13-24/h9-11,14-16,20,24,26,30H,6-8,12-13,17-19,21-22H2,1-5H3,(H,34,35)(H,36,37)/t26-,30-/m0/s1. The Bertz CT molecular complexity index is 1110. The molecule has 0 bridgehead atoms. The number of carboxylic acids is 1. The summed E-state index contributed by atoms with van der Waals surface area (Å²) in [6.45, 7) is 9.19. The highest BCUT2D eigenvalue weighted by Crippen LogP contribution is 2.31. The van der Waals surface area contributed by atoms with Gasteiger partial charge in [0.05, 0.1) is 24.9 Å². The van der Waals surface area contributed by atoms with E-state index in [1.165, 1.54) is 32.1 Å². The van der Waals surface area contributed by atoms with Crippen LogP contribution < -0.4 is 5.32 Å². The van der Waals surface area contributed by atoms with Crippen molar-refractivity contribution in [2.75, 3.05) is 18.6 Å². The van der Waals surface area contributed by atoms with E-state index in [1.54, 1.807) is 17.8 Å². The van der Waals surface area contributed by atoms with Crippen LogP contribution in [0.25, 0.3) is 11.1 Å². The van der Waals surface area contributed by atoms with E-state index in [4.69, 9.17) is 9.47 Å². The molecule has 0 radical (unpaired) electrons. The molecule has 3 rings (SSSR count). The predicted molar refractivity (Wildman–Crippen MR) is 164 cm³/mol. The molecule has 1 amide bonds. The molecule has 7 heteroatoms. The van der Waals surface area contributed by atoms with Crippen molar-refractivity contribution >= 4 is 23.6 Å². The van der Waals surface area contributed by atoms with E-state index >= 15 is 0 Å². The minimum atomic E-state index is -1.02. The number of rotatable bonds is 14. The third-order valence-electron chi connectivity index (χ3n) is 7.49. The fraction of sp³-hybridized carbons (Fsp3) is 0.576. The highest BCUT2D eigenvalue weighted by Gasteiger charge is 2.24. The molecule has 1 saturated carbocycles. The van der Waals surface area contributed by atoms with Crippen molar-refractivity contribution in [3.8, 4) is 11.1 Å². The smallest absolute Gasteiger partial charge is 0.326 e. The Morgan fingerprint density at radius 3 is 2.45 bits per heavy atom. The average molecular weight is 570 g/mol. The molecule has 2 atom stereocenters. The van der Waals surface area contributed by atoms with Crippen LogP contribution in [-0.2, 0) is 20.9 Å². The summed E-state index contributed by atoms with van der Waals surface area (Å²) >= 11 is 1.56. The lowest BCUT2D eigenvalue weighted by Gasteiger charge is -2.29. The van der Waals surface area contributed by atoms with E-state index in [2.05, 4.69) is 26.1 Å². The Balaban J connectivity index is 1.83. The molecule has 1 aliphatic carbocycles. The van der Waals surface area contributed by atoms with Gasteiger partial charge in [0, 0.05) is 5.56 Å². The highest BCUT2D eigenvalue weighted by atomic mass is 32.2. The highest BCUT2D eigenvalue weighted by molar-refractivity contribution is 7.98. The Morgan fingerprint density at radius 2 is 1.80 bits per heavy atom. The van der Waals surface area contributed by atoms with Crippen molar-refractivity contribution in [3.63, 3.8) is 0 Å². The molecular weight excluding hydrogens is 522 g/mol. The van der Waals surface area contributed by atoms with Crippen molar-refractivity contribution in [1.82, 2.24) is 5.32 Å². The van der Waals surface area contributed by atoms with Crippen molar-refractivity contribution in [3.05, 3.63) is 59.2 Å². The lowest BCUT2D eigenvalue weighted by Crippen LogP contribution is -2.41. The van der Waals surface area contributed by atoms with Crippen LogP contribution in [0.5, 0.6) is 0 Å². The normalized spacial score (nSPS) is 15.9. The SMILES string of the molecule is CSCC[C@H](NC(=O)c1ccc(CO[C@H](COC(C)(C)C)CC2CCCCC2)cc1-c1ccccc1C)C(=O)O. The van der Waals surface area contributed by atoms with Crippen LogP contribution >= 0.6 is 11.8 Å². The second kappa shape index (κ2) is 15.6. The number of aryl methyl sites for hydroxylation is 1. The van der Waals surface area contributed by atoms with Gasteiger partial charge in [-0.15, -0.1) is 0 Å². The molecule has 2 aromatic carbocycles. The molecule has 40 heavy (non-hydrogen) atoms. The summed E-state index contributed by atoms with van der Waals surface area (Å²) < 4.78 is 12.6. The third kappa shape index (κ3) is 10.2. The number of hydrogen-bond donors (Lipinski definition) is 2. The number of nitrogens with one attached hydrogen (secondary N) is 1. The number of carbonyl (C=O) groups excluding carboxylic acids is 1. The van der Waals surface area contributed by atoms with Crippen molar-refractivity contribution in [2.24, 2.45) is 5.92 Å². The first kappa shape index (κ1) is 32.2. The molecule has 1 fully saturated rings. The summed E-state index contributed by atoms with van der Waals surface area (Å²) in [6.07, 6.45) is 9.71. The first-order valence-electron chi connectivity index (χ1n) is 14.5. The van der Waals surface area contributed by atoms with E-state index < -0.39 is 12.0 Å². The van der Waals surface area contributed by atoms with Gasteiger partial charge in [-0.05, 0) is 92.8 Å². The summed E-state index contributed by atoms with van der Waals surface area (Å²) in [5.41, 5.74) is 3.96. The second-order valence-electron chi connectivity index (χ2n) is 11.9. The lowest BCUT2D eigenvalue weighted by molar-refractivity contribution is -0.139. The summed E-state index contributed by atoms with van der Waals surface area (Å²) in [4.78, 5) is 25.2. The number of aliphatic carboxylic acids is 1. The number of hydrogen-bond acceptors (Lipinski definition) is 5. The van der Waals surface area contributed by atoms with Crippen molar-refractivity contribution in [2.45, 2.75) is 97.0 Å². The Morgan fingerprint density at radius 1 is 1.07 bits per heavy atom. The molecule has 2 aromatic rings. The zero-order chi connectivity index (χ0) is 29.1. The maximum atomic E-state index is 13.4. The van der Waals surface area contributed by atoms with Crippen LogP contribution in [-0.4, -0.2) is 53.3 Å². The summed E-state index contributed by atoms with van der Waals surface area (Å²) in [6, 6.07) is 12.7. The van der Waals surface area contributed by atoms with Crippen molar-refractivity contribution in [1.29, 1.82) is 0 Å². The molecule has 0 unspecified atom stereocenters. The number of carboxylic acid groups (broad SMARTS) is 1. The number of benzene rings is 2. The summed E-state index contributed by atoms with van der Waals surface area (Å²) in [5.74, 6) is -0.0809. The van der Waals surface area contributed by atoms with Crippen LogP contribution in [0.1, 0.15) is 87.2 Å². The molecule has 0 aromatic heterocycles. The van der Waals surface area contributed by atoms with Gasteiger partial charge in [0.25, 0.3) is 5.91 Å². The van der Waals surface area contributed by atoms with Gasteiger partial charge in [0.2, 0.25) is 0 Å². The fourth-order valence-electron chi connectivity index (χ4n) is 5.24. The number of carbonyl (C=O) groups is 2. The van der Waals surface area contributed by atoms with Gasteiger partial charge < -0.3 is 19.9 Å². The van der Waals surface area contributed by atoms with E-state index in [0.29, 0.717) is 36.9 Å². The summed E-state index contributed by atoms with van der Waals surface area (Å²) in [5, 5.41) is 12.4. The van der Waals surface area contributed by atoms with Gasteiger partial charge >= 0.3 is 5.97 Å². The van der Waals surface area contributed by atoms with Gasteiger partial charge in [0.15, 0.2) is 0 Å². The van der Waals surface area contributed by atoms with E-state index in [-0.39, 0.29) is 17.6 Å². The Labute approximate surface area is 244 Å². The summed E-state index contributed by atoms with van der Waals surface area (Å²) in [7, 11) is 0. The van der Waals surface area contributed by atoms with E-state index in [1.807, 2.05) is 49.6 Å². The van der Waals surface area contributed by atoms with Gasteiger partial charge in [-0.3, -0.25) is 4.79 Å². The molecule has 2 N–H and O–H groups in total. The largest absolute Gasteiger partial charge is 0.480 e. The quantitative estimate of drug-likeness (QED) is 0.249. The Hall–Kier alpha value is -2.35. The molecule has 0 aliphatic heterocycles. The minimum Gasteiger partial charge on any atom is -0.480 e. The maximum absolute atomic E-state index is 13.4. The topological polar surface area (TPSA) is 84.9 Å². The molecule has 220 valence electrons. The number of thioether (sulfide) groups is 1. The molecule has 0 heterocycles. The van der Waals surface area contributed by atoms with Gasteiger partial charge in [-0.25, -0.2) is 4.79 Å². The number of amides is 1. The first-order valence-corrected chi connectivity index (χ1v) is 15.9. The molecule has 0 spiro atoms. The van der Waals surface area contributed by atoms with Gasteiger partial charge in [-0.2, -0.15) is 11.8 Å². The van der Waals surface area contributed by atoms with Crippen molar-refractivity contribution < 1.29 is 24.2 Å². The molecular formula is C33H47NO5S. The molecule has 0 saturated heterocycles. The van der Waals surface area contributed by atoms with E-state index in [0.717, 1.165) is 28.7 Å². The molecule has 1 aliphatic rings. The molecule has 6 nitrogen and oxygen atoms in total. The van der Waals surface area contributed by atoms with Crippen LogP contribution in [0.2, 0.25) is 0 Å². The van der Waals surface area contributed by atoms with Crippen LogP contribution in [0.4, 0.5) is 0 Å². The van der Waals surface area contributed by atoms with Crippen LogP contribution in [0.3, 0.4) is 0 Å². The average Bonchev–Trinajstić information content (AvgIpc) is 2.92. The number of ether oxygens (including phenoxy) is 2. The van der Waals surface area contributed by atoms with Crippen LogP contribution in [0, 0.1) is 12.8 Å². The minimum absolute atomic E-state index is 0.0000261. The second-order valence-corrected chi connectivity index (χ2v) is 12.9. The van der Waals surface area contributed by atoms with Crippen LogP contribution in [0.15, 0.2) is 42.5 Å². The monoisotopic (exact) mass is 569 g/mol.